The maximum absolute atomic E-state index is 14.6. The van der Waals surface area contributed by atoms with E-state index >= 15 is 0 Å². The molecule has 0 spiro atoms. The number of carboxylic acids is 3. The number of carboxylic acid groups (broad SMARTS) is 3. The highest BCUT2D eigenvalue weighted by Crippen LogP contribution is 2.37. The van der Waals surface area contributed by atoms with Gasteiger partial charge >= 0.3 is 60.6 Å². The molecule has 12 aromatic carbocycles. The van der Waals surface area contributed by atoms with Crippen LogP contribution in [0, 0.1) is 60.1 Å². The number of alkyl halides is 9. The van der Waals surface area contributed by atoms with Crippen molar-refractivity contribution >= 4 is 154 Å². The van der Waals surface area contributed by atoms with Crippen molar-refractivity contribution in [1.29, 1.82) is 0 Å². The molecule has 0 fully saturated rings. The number of carbonyl (C=O) groups excluding carboxylic acids is 4. The van der Waals surface area contributed by atoms with Gasteiger partial charge in [0, 0.05) is 80.1 Å². The minimum Gasteiger partial charge on any atom is -0.475 e. The van der Waals surface area contributed by atoms with Crippen molar-refractivity contribution < 1.29 is 102 Å². The molecule has 16 rings (SSSR count). The van der Waals surface area contributed by atoms with E-state index in [1.165, 1.54) is 18.2 Å². The molecule has 4 aromatic heterocycles. The molecule has 0 unspecified atom stereocenters. The minimum atomic E-state index is -5.08. The van der Waals surface area contributed by atoms with Crippen LogP contribution in [-0.2, 0) is 28.5 Å². The van der Waals surface area contributed by atoms with Gasteiger partial charge in [0.15, 0.2) is 5.58 Å². The highest BCUT2D eigenvalue weighted by Gasteiger charge is 2.40. The van der Waals surface area contributed by atoms with Crippen molar-refractivity contribution in [2.75, 3.05) is 42.5 Å². The number of urea groups is 4. The number of aromatic amines is 1. The molecular formula is C95H80Cl2F11N15O11. The average Bonchev–Trinajstić information content (AvgIpc) is 1.64. The van der Waals surface area contributed by atoms with E-state index in [2.05, 4.69) is 92.4 Å². The lowest BCUT2D eigenvalue weighted by Crippen LogP contribution is -2.21. The van der Waals surface area contributed by atoms with Gasteiger partial charge in [-0.15, -0.1) is 0 Å². The maximum Gasteiger partial charge on any atom is 0.490 e. The predicted octanol–water partition coefficient (Wildman–Crippen LogP) is 25.4. The molecule has 0 radical (unpaired) electrons. The van der Waals surface area contributed by atoms with E-state index in [0.29, 0.717) is 38.4 Å². The van der Waals surface area contributed by atoms with E-state index in [-0.39, 0.29) is 23.4 Å². The number of fused-ring (bicyclic) bond motifs is 4. The highest BCUT2D eigenvalue weighted by molar-refractivity contribution is 6.31. The molecule has 8 amide bonds. The first kappa shape index (κ1) is 100.0. The third-order valence-corrected chi connectivity index (χ3v) is 19.6. The van der Waals surface area contributed by atoms with Crippen molar-refractivity contribution in [3.05, 3.63) is 310 Å². The normalized spacial score (nSPS) is 10.9. The van der Waals surface area contributed by atoms with Gasteiger partial charge in [0.1, 0.15) is 11.6 Å². The summed E-state index contributed by atoms with van der Waals surface area (Å²) in [5.41, 5.74) is 22.8. The molecule has 0 aliphatic heterocycles. The summed E-state index contributed by atoms with van der Waals surface area (Å²) >= 11 is 11.8. The number of hydrogen-bond acceptors (Lipinski definition) is 12. The van der Waals surface area contributed by atoms with E-state index < -0.39 is 60.1 Å². The Morgan fingerprint density at radius 3 is 1.13 bits per heavy atom. The Balaban J connectivity index is 0.000000172. The Morgan fingerprint density at radius 2 is 0.716 bits per heavy atom. The second-order valence-corrected chi connectivity index (χ2v) is 30.2. The van der Waals surface area contributed by atoms with Crippen molar-refractivity contribution in [3.63, 3.8) is 0 Å². The number of aliphatic carboxylic acids is 3. The van der Waals surface area contributed by atoms with Crippen LogP contribution in [0.3, 0.4) is 0 Å². The largest absolute Gasteiger partial charge is 0.490 e. The van der Waals surface area contributed by atoms with Crippen LogP contribution < -0.4 is 42.5 Å². The second kappa shape index (κ2) is 44.0. The molecule has 16 aromatic rings. The first-order valence-electron chi connectivity index (χ1n) is 39.6. The summed E-state index contributed by atoms with van der Waals surface area (Å²) in [5.74, 6) is -9.27. The van der Waals surface area contributed by atoms with Gasteiger partial charge in [-0.2, -0.15) is 54.8 Å². The zero-order chi connectivity index (χ0) is 97.8. The zero-order valence-electron chi connectivity index (χ0n) is 71.9. The van der Waals surface area contributed by atoms with Gasteiger partial charge in [-0.05, 0) is 243 Å². The molecule has 134 heavy (non-hydrogen) atoms. The number of rotatable bonds is 12. The van der Waals surface area contributed by atoms with Crippen LogP contribution in [0.25, 0.3) is 88.2 Å². The fourth-order valence-corrected chi connectivity index (χ4v) is 13.8. The average molecular weight is 1890 g/mol. The van der Waals surface area contributed by atoms with Crippen LogP contribution in [-0.4, -0.2) is 111 Å². The second-order valence-electron chi connectivity index (χ2n) is 29.3. The quantitative estimate of drug-likeness (QED) is 0.0506. The van der Waals surface area contributed by atoms with E-state index in [9.17, 15) is 67.5 Å². The summed E-state index contributed by atoms with van der Waals surface area (Å²) in [7, 11) is 3.88. The van der Waals surface area contributed by atoms with Gasteiger partial charge in [0.25, 0.3) is 0 Å². The van der Waals surface area contributed by atoms with Crippen LogP contribution >= 0.6 is 23.2 Å². The summed E-state index contributed by atoms with van der Waals surface area (Å²) in [4.78, 5) is 75.5. The topological polar surface area (TPSA) is 367 Å². The highest BCUT2D eigenvalue weighted by atomic mass is 35.5. The molecule has 0 atom stereocenters. The predicted molar refractivity (Wildman–Crippen MR) is 494 cm³/mol. The van der Waals surface area contributed by atoms with Crippen LogP contribution in [0.4, 0.5) is 113 Å². The van der Waals surface area contributed by atoms with Crippen molar-refractivity contribution in [2.45, 2.75) is 67.0 Å². The molecule has 0 saturated carbocycles. The number of nitrogens with one attached hydrogen (secondary N) is 9. The number of halogens is 13. The minimum absolute atomic E-state index is 0.0827. The monoisotopic (exact) mass is 1890 g/mol. The maximum atomic E-state index is 14.6. The summed E-state index contributed by atoms with van der Waals surface area (Å²) in [6.07, 6.45) is -15.3. The molecule has 0 aliphatic rings. The van der Waals surface area contributed by atoms with Gasteiger partial charge in [-0.3, -0.25) is 14.5 Å². The fourth-order valence-electron chi connectivity index (χ4n) is 13.4. The summed E-state index contributed by atoms with van der Waals surface area (Å²) < 4.78 is 133. The van der Waals surface area contributed by atoms with E-state index in [1.54, 1.807) is 66.7 Å². The molecule has 0 saturated heterocycles. The molecular weight excluding hydrogens is 1810 g/mol. The lowest BCUT2D eigenvalue weighted by molar-refractivity contribution is -0.193. The SMILES string of the molecule is Cc1[nH]nc2cccc(-c3ccc(NC(=O)Nc4cccc(Cl)c4)c(F)c3)c12.Cc1cc(C)cc(NC(=O)Nc2ccc(-c3cccc4onc(C)c34)cc2)c1.Cc1ccc(F)c(NC(=O)Nc2ccc(-c3cccc4c3c(C)nn4C)cc2)c1.Cc1nn(C)c2cccc(-c3ccc(NC(=O)Nc4cccc(Cl)c4)cc3)c12.O=C(O)C(F)(F)F.O=C(O)C(F)(F)F.O=C(O)C(F)(F)F. The molecule has 39 heteroatoms. The van der Waals surface area contributed by atoms with Crippen molar-refractivity contribution in [2.24, 2.45) is 14.1 Å². The number of amides is 8. The van der Waals surface area contributed by atoms with E-state index in [1.807, 2.05) is 211 Å². The number of carbonyl (C=O) groups is 7. The number of aryl methyl sites for hydroxylation is 9. The number of nitrogens with zero attached hydrogens (tertiary/aromatic N) is 6. The number of benzene rings is 12. The lowest BCUT2D eigenvalue weighted by Gasteiger charge is -2.11. The summed E-state index contributed by atoms with van der Waals surface area (Å²) in [6, 6.07) is 74.3. The first-order valence-corrected chi connectivity index (χ1v) is 40.3. The number of anilines is 8. The molecule has 692 valence electrons. The Kier molecular flexibility index (Phi) is 32.8. The number of hydrogen-bond donors (Lipinski definition) is 12. The van der Waals surface area contributed by atoms with E-state index in [4.69, 9.17) is 57.4 Å². The smallest absolute Gasteiger partial charge is 0.475 e. The standard InChI is InChI=1S/C23H21FN4O.C23H21N3O2.C22H19ClN4O.C21H16ClFN4O.3C2HF3O2/c1-14-7-12-19(24)20(13-14)26-23(29)25-17-10-8-16(9-11-17)18-5-4-6-21-22(18)15(2)27-28(21)3;1-14-11-15(2)13-19(12-14)25-23(27)24-18-9-7-17(8-10-18)20-5-4-6-21-22(20)16(3)26-28-21;1-14-21-19(7-4-8-20(21)27(2)26-14)15-9-11-17(12-10-15)24-22(28)25-18-6-3-5-16(23)13-18;1-12-20-16(6-3-7-19(20)27-26-12)13-8-9-18(17(23)10-13)25-21(28)24-15-5-2-4-14(22)11-15;3*3-2(4,5)1(6)7/h4-13H,1-3H3,(H2,25,26,29);4-13H,1-3H3,(H2,24,25,27);3-13H,1-2H3,(H2,24,25,28);2-11H,1H3,(H,26,27)(H2,24,25,28);3*(H,6,7). The van der Waals surface area contributed by atoms with Gasteiger partial charge in [-0.1, -0.05) is 144 Å². The molecule has 26 nitrogen and oxygen atoms in total. The summed E-state index contributed by atoms with van der Waals surface area (Å²) in [6.45, 7) is 13.7. The van der Waals surface area contributed by atoms with E-state index in [0.717, 1.165) is 133 Å². The lowest BCUT2D eigenvalue weighted by atomic mass is 10.00. The fraction of sp³-hybridized carbons (Fsp3) is 0.126. The van der Waals surface area contributed by atoms with Gasteiger partial charge < -0.3 is 62.4 Å². The number of aromatic nitrogens is 7. The zero-order valence-corrected chi connectivity index (χ0v) is 73.4. The Morgan fingerprint density at radius 1 is 0.351 bits per heavy atom. The van der Waals surface area contributed by atoms with Crippen LogP contribution in [0.2, 0.25) is 10.0 Å². The van der Waals surface area contributed by atoms with Gasteiger partial charge in [0.05, 0.1) is 50.4 Å². The number of H-pyrrole nitrogens is 1. The van der Waals surface area contributed by atoms with Crippen LogP contribution in [0.5, 0.6) is 0 Å². The Labute approximate surface area is 765 Å². The van der Waals surface area contributed by atoms with Crippen molar-refractivity contribution in [3.8, 4) is 44.5 Å². The van der Waals surface area contributed by atoms with Gasteiger partial charge in [0.2, 0.25) is 0 Å². The Bertz CT molecular complexity index is 6910. The van der Waals surface area contributed by atoms with Crippen LogP contribution in [0.15, 0.2) is 253 Å². The van der Waals surface area contributed by atoms with Crippen molar-refractivity contribution in [1.82, 2.24) is 34.9 Å². The third kappa shape index (κ3) is 27.5. The first-order chi connectivity index (χ1) is 63.3. The third-order valence-electron chi connectivity index (χ3n) is 19.2. The molecule has 12 N–H and O–H groups in total. The van der Waals surface area contributed by atoms with Gasteiger partial charge in [-0.25, -0.2) is 42.3 Å². The Hall–Kier alpha value is -16.2. The molecule has 4 heterocycles. The summed E-state index contributed by atoms with van der Waals surface area (Å²) in [5, 5.41) is 68.7. The molecule has 0 bridgehead atoms. The van der Waals surface area contributed by atoms with Crippen LogP contribution in [0.1, 0.15) is 39.5 Å². The molecule has 0 aliphatic carbocycles.